The van der Waals surface area contributed by atoms with Crippen LogP contribution in [-0.2, 0) is 16.0 Å². The van der Waals surface area contributed by atoms with Gasteiger partial charge >= 0.3 is 11.9 Å². The van der Waals surface area contributed by atoms with E-state index in [0.29, 0.717) is 6.42 Å². The van der Waals surface area contributed by atoms with Crippen molar-refractivity contribution in [2.45, 2.75) is 19.8 Å². The van der Waals surface area contributed by atoms with Crippen molar-refractivity contribution in [2.24, 2.45) is 0 Å². The van der Waals surface area contributed by atoms with Gasteiger partial charge in [0.05, 0.1) is 0 Å². The minimum absolute atomic E-state index is 0.0745. The van der Waals surface area contributed by atoms with Crippen LogP contribution in [0.1, 0.15) is 23.1 Å². The van der Waals surface area contributed by atoms with Crippen LogP contribution < -0.4 is 0 Å². The summed E-state index contributed by atoms with van der Waals surface area (Å²) in [6, 6.07) is 5.53. The number of aliphatic carboxylic acids is 2. The van der Waals surface area contributed by atoms with Crippen molar-refractivity contribution < 1.29 is 19.8 Å². The first kappa shape index (κ1) is 13.0. The third-order valence-corrected chi connectivity index (χ3v) is 2.38. The Labute approximate surface area is 99.2 Å². The summed E-state index contributed by atoms with van der Waals surface area (Å²) in [6.07, 6.45) is 3.11. The molecule has 4 nitrogen and oxygen atoms in total. The lowest BCUT2D eigenvalue weighted by molar-refractivity contribution is -0.137. The molecule has 0 aromatic heterocycles. The van der Waals surface area contributed by atoms with Gasteiger partial charge < -0.3 is 10.2 Å². The van der Waals surface area contributed by atoms with Gasteiger partial charge in [-0.2, -0.15) is 0 Å². The number of carboxylic acids is 2. The van der Waals surface area contributed by atoms with E-state index in [9.17, 15) is 9.59 Å². The average molecular weight is 234 g/mol. The van der Waals surface area contributed by atoms with E-state index >= 15 is 0 Å². The quantitative estimate of drug-likeness (QED) is 0.765. The van der Waals surface area contributed by atoms with Gasteiger partial charge in [0, 0.05) is 12.5 Å². The minimum Gasteiger partial charge on any atom is -0.481 e. The van der Waals surface area contributed by atoms with Gasteiger partial charge in [-0.3, -0.25) is 4.79 Å². The first-order valence-corrected chi connectivity index (χ1v) is 5.21. The number of hydrogen-bond acceptors (Lipinski definition) is 2. The van der Waals surface area contributed by atoms with Crippen LogP contribution in [-0.4, -0.2) is 22.2 Å². The fraction of sp³-hybridized carbons (Fsp3) is 0.231. The average Bonchev–Trinajstić information content (AvgIpc) is 2.26. The van der Waals surface area contributed by atoms with Crippen molar-refractivity contribution in [2.75, 3.05) is 0 Å². The summed E-state index contributed by atoms with van der Waals surface area (Å²) in [4.78, 5) is 20.9. The third-order valence-electron chi connectivity index (χ3n) is 2.38. The minimum atomic E-state index is -1.000. The fourth-order valence-corrected chi connectivity index (χ4v) is 1.44. The first-order valence-electron chi connectivity index (χ1n) is 5.21. The van der Waals surface area contributed by atoms with Crippen LogP contribution in [0, 0.1) is 6.92 Å². The molecule has 0 heterocycles. The molecule has 0 fully saturated rings. The lowest BCUT2D eigenvalue weighted by atomic mass is 10.0. The molecule has 0 saturated heterocycles. The SMILES string of the molecule is Cc1ccc(CCC(=O)O)cc1/C=C/C(=O)O. The van der Waals surface area contributed by atoms with Gasteiger partial charge in [-0.15, -0.1) is 0 Å². The number of benzene rings is 1. The topological polar surface area (TPSA) is 74.6 Å². The molecule has 0 atom stereocenters. The molecule has 1 aromatic rings. The van der Waals surface area contributed by atoms with Gasteiger partial charge in [0.1, 0.15) is 0 Å². The second-order valence-corrected chi connectivity index (χ2v) is 3.76. The highest BCUT2D eigenvalue weighted by molar-refractivity contribution is 5.85. The van der Waals surface area contributed by atoms with Crippen LogP contribution in [0.3, 0.4) is 0 Å². The summed E-state index contributed by atoms with van der Waals surface area (Å²) < 4.78 is 0. The molecule has 17 heavy (non-hydrogen) atoms. The van der Waals surface area contributed by atoms with Crippen molar-refractivity contribution in [1.29, 1.82) is 0 Å². The van der Waals surface area contributed by atoms with Gasteiger partial charge in [-0.25, -0.2) is 4.79 Å². The van der Waals surface area contributed by atoms with Gasteiger partial charge in [0.15, 0.2) is 0 Å². The molecule has 0 bridgehead atoms. The molecule has 0 saturated carbocycles. The van der Waals surface area contributed by atoms with Crippen molar-refractivity contribution in [3.8, 4) is 0 Å². The normalized spacial score (nSPS) is 10.6. The van der Waals surface area contributed by atoms with E-state index in [4.69, 9.17) is 10.2 Å². The van der Waals surface area contributed by atoms with Gasteiger partial charge in [-0.05, 0) is 36.1 Å². The molecule has 1 rings (SSSR count). The smallest absolute Gasteiger partial charge is 0.328 e. The molecule has 0 aliphatic heterocycles. The zero-order valence-corrected chi connectivity index (χ0v) is 9.51. The largest absolute Gasteiger partial charge is 0.481 e. The lowest BCUT2D eigenvalue weighted by Gasteiger charge is -2.04. The molecule has 0 aliphatic rings. The highest BCUT2D eigenvalue weighted by Crippen LogP contribution is 2.14. The van der Waals surface area contributed by atoms with E-state index in [1.807, 2.05) is 25.1 Å². The molecule has 2 N–H and O–H groups in total. The van der Waals surface area contributed by atoms with E-state index in [2.05, 4.69) is 0 Å². The van der Waals surface area contributed by atoms with Crippen LogP contribution in [0.15, 0.2) is 24.3 Å². The summed E-state index contributed by atoms with van der Waals surface area (Å²) in [5, 5.41) is 17.1. The monoisotopic (exact) mass is 234 g/mol. The Balaban J connectivity index is 2.86. The van der Waals surface area contributed by atoms with Gasteiger partial charge in [0.25, 0.3) is 0 Å². The Kier molecular flexibility index (Phi) is 4.46. The number of rotatable bonds is 5. The highest BCUT2D eigenvalue weighted by atomic mass is 16.4. The standard InChI is InChI=1S/C13H14O4/c1-9-2-3-10(4-6-12(14)15)8-11(9)5-7-13(16)17/h2-3,5,7-8H,4,6H2,1H3,(H,14,15)(H,16,17)/b7-5+. The second kappa shape index (κ2) is 5.84. The van der Waals surface area contributed by atoms with Crippen molar-refractivity contribution in [1.82, 2.24) is 0 Å². The predicted octanol–water partition coefficient (Wildman–Crippen LogP) is 2.11. The molecule has 0 unspecified atom stereocenters. The first-order chi connectivity index (χ1) is 7.99. The van der Waals surface area contributed by atoms with Crippen LogP contribution in [0.2, 0.25) is 0 Å². The molecule has 0 spiro atoms. The molecule has 0 radical (unpaired) electrons. The Bertz CT molecular complexity index is 460. The van der Waals surface area contributed by atoms with E-state index in [0.717, 1.165) is 22.8 Å². The predicted molar refractivity (Wildman–Crippen MR) is 63.8 cm³/mol. The Hall–Kier alpha value is -2.10. The van der Waals surface area contributed by atoms with Crippen molar-refractivity contribution >= 4 is 18.0 Å². The van der Waals surface area contributed by atoms with Crippen LogP contribution in [0.25, 0.3) is 6.08 Å². The van der Waals surface area contributed by atoms with E-state index in [1.54, 1.807) is 0 Å². The molecule has 4 heteroatoms. The van der Waals surface area contributed by atoms with E-state index < -0.39 is 11.9 Å². The number of aryl methyl sites for hydroxylation is 2. The van der Waals surface area contributed by atoms with Gasteiger partial charge in [0.2, 0.25) is 0 Å². The summed E-state index contributed by atoms with van der Waals surface area (Å²) in [7, 11) is 0. The summed E-state index contributed by atoms with van der Waals surface area (Å²) in [6.45, 7) is 1.88. The zero-order valence-electron chi connectivity index (χ0n) is 9.51. The molecular formula is C13H14O4. The van der Waals surface area contributed by atoms with Crippen LogP contribution >= 0.6 is 0 Å². The Morgan fingerprint density at radius 2 is 2.00 bits per heavy atom. The van der Waals surface area contributed by atoms with E-state index in [1.165, 1.54) is 6.08 Å². The Morgan fingerprint density at radius 1 is 1.29 bits per heavy atom. The number of hydrogen-bond donors (Lipinski definition) is 2. The number of carboxylic acid groups (broad SMARTS) is 2. The maximum atomic E-state index is 10.4. The molecule has 0 aliphatic carbocycles. The molecule has 1 aromatic carbocycles. The lowest BCUT2D eigenvalue weighted by Crippen LogP contribution is -1.98. The molecule has 0 amide bonds. The molecule has 90 valence electrons. The zero-order chi connectivity index (χ0) is 12.8. The van der Waals surface area contributed by atoms with Crippen molar-refractivity contribution in [3.63, 3.8) is 0 Å². The fourth-order valence-electron chi connectivity index (χ4n) is 1.44. The maximum Gasteiger partial charge on any atom is 0.328 e. The highest BCUT2D eigenvalue weighted by Gasteiger charge is 2.02. The second-order valence-electron chi connectivity index (χ2n) is 3.76. The third kappa shape index (κ3) is 4.51. The van der Waals surface area contributed by atoms with Crippen molar-refractivity contribution in [3.05, 3.63) is 41.0 Å². The maximum absolute atomic E-state index is 10.4. The summed E-state index contributed by atoms with van der Waals surface area (Å²) >= 11 is 0. The van der Waals surface area contributed by atoms with Gasteiger partial charge in [-0.1, -0.05) is 18.2 Å². The summed E-state index contributed by atoms with van der Waals surface area (Å²) in [5.74, 6) is -1.84. The molecular weight excluding hydrogens is 220 g/mol. The summed E-state index contributed by atoms with van der Waals surface area (Å²) in [5.41, 5.74) is 2.65. The van der Waals surface area contributed by atoms with Crippen LogP contribution in [0.5, 0.6) is 0 Å². The van der Waals surface area contributed by atoms with E-state index in [-0.39, 0.29) is 6.42 Å². The van der Waals surface area contributed by atoms with Crippen LogP contribution in [0.4, 0.5) is 0 Å². The number of carbonyl (C=O) groups is 2. The Morgan fingerprint density at radius 3 is 2.59 bits per heavy atom.